The van der Waals surface area contributed by atoms with Gasteiger partial charge in [-0.2, -0.15) is 0 Å². The first kappa shape index (κ1) is 8.57. The summed E-state index contributed by atoms with van der Waals surface area (Å²) >= 11 is 0. The molecule has 2 nitrogen and oxygen atoms in total. The maximum absolute atomic E-state index is 10.9. The van der Waals surface area contributed by atoms with Gasteiger partial charge in [0.05, 0.1) is 13.0 Å². The molecular weight excluding hydrogens is 140 g/mol. The highest BCUT2D eigenvalue weighted by Crippen LogP contribution is 2.42. The molecule has 0 radical (unpaired) electrons. The van der Waals surface area contributed by atoms with E-state index in [2.05, 4.69) is 11.7 Å². The predicted octanol–water partition coefficient (Wildman–Crippen LogP) is 1.99. The minimum atomic E-state index is -0.00824. The first-order valence-electron chi connectivity index (χ1n) is 4.37. The van der Waals surface area contributed by atoms with Gasteiger partial charge in [-0.15, -0.1) is 0 Å². The lowest BCUT2D eigenvalue weighted by atomic mass is 10.1. The molecule has 0 aromatic rings. The Hall–Kier alpha value is -0.530. The zero-order valence-corrected chi connectivity index (χ0v) is 7.30. The molecule has 0 heterocycles. The van der Waals surface area contributed by atoms with Gasteiger partial charge in [-0.05, 0) is 18.8 Å². The zero-order chi connectivity index (χ0) is 8.27. The van der Waals surface area contributed by atoms with Crippen molar-refractivity contribution < 1.29 is 9.53 Å². The summed E-state index contributed by atoms with van der Waals surface area (Å²) in [6, 6.07) is 0. The van der Waals surface area contributed by atoms with E-state index >= 15 is 0 Å². The highest BCUT2D eigenvalue weighted by atomic mass is 16.5. The topological polar surface area (TPSA) is 26.3 Å². The van der Waals surface area contributed by atoms with Crippen LogP contribution in [0.2, 0.25) is 0 Å². The summed E-state index contributed by atoms with van der Waals surface area (Å²) in [5.74, 6) is 0.875. The smallest absolute Gasteiger partial charge is 0.308 e. The zero-order valence-electron chi connectivity index (χ0n) is 7.30. The van der Waals surface area contributed by atoms with E-state index in [1.54, 1.807) is 0 Å². The van der Waals surface area contributed by atoms with E-state index in [9.17, 15) is 4.79 Å². The van der Waals surface area contributed by atoms with Crippen molar-refractivity contribution in [3.63, 3.8) is 0 Å². The van der Waals surface area contributed by atoms with Gasteiger partial charge in [0.1, 0.15) is 0 Å². The lowest BCUT2D eigenvalue weighted by molar-refractivity contribution is -0.142. The van der Waals surface area contributed by atoms with Crippen LogP contribution in [0, 0.1) is 11.8 Å². The molecule has 0 aliphatic heterocycles. The summed E-state index contributed by atoms with van der Waals surface area (Å²) in [5, 5.41) is 0. The van der Waals surface area contributed by atoms with E-state index in [-0.39, 0.29) is 11.9 Å². The Labute approximate surface area is 67.9 Å². The number of unbranched alkanes of at least 4 members (excludes halogenated alkanes) is 1. The summed E-state index contributed by atoms with van der Waals surface area (Å²) in [5.41, 5.74) is 0. The second kappa shape index (κ2) is 3.74. The fourth-order valence-corrected chi connectivity index (χ4v) is 1.47. The number of carbonyl (C=O) groups is 1. The number of hydrogen-bond donors (Lipinski definition) is 0. The van der Waals surface area contributed by atoms with Gasteiger partial charge >= 0.3 is 5.97 Å². The molecule has 0 bridgehead atoms. The molecule has 1 saturated carbocycles. The van der Waals surface area contributed by atoms with Gasteiger partial charge in [-0.1, -0.05) is 19.8 Å². The van der Waals surface area contributed by atoms with Crippen LogP contribution in [-0.4, -0.2) is 13.1 Å². The van der Waals surface area contributed by atoms with Crippen molar-refractivity contribution >= 4 is 5.97 Å². The van der Waals surface area contributed by atoms with Crippen molar-refractivity contribution in [3.8, 4) is 0 Å². The molecule has 0 saturated heterocycles. The Balaban J connectivity index is 2.11. The molecule has 1 aliphatic rings. The quantitative estimate of drug-likeness (QED) is 0.582. The van der Waals surface area contributed by atoms with E-state index in [1.165, 1.54) is 26.4 Å². The fourth-order valence-electron chi connectivity index (χ4n) is 1.47. The van der Waals surface area contributed by atoms with Crippen molar-refractivity contribution in [2.75, 3.05) is 7.11 Å². The van der Waals surface area contributed by atoms with Crippen LogP contribution in [0.5, 0.6) is 0 Å². The van der Waals surface area contributed by atoms with Crippen molar-refractivity contribution in [1.82, 2.24) is 0 Å². The molecule has 64 valence electrons. The van der Waals surface area contributed by atoms with Crippen LogP contribution in [0.1, 0.15) is 32.6 Å². The molecule has 1 rings (SSSR count). The summed E-state index contributed by atoms with van der Waals surface area (Å²) < 4.78 is 4.65. The summed E-state index contributed by atoms with van der Waals surface area (Å²) in [6.07, 6.45) is 4.74. The molecule has 1 aliphatic carbocycles. The van der Waals surface area contributed by atoms with Crippen molar-refractivity contribution in [2.45, 2.75) is 32.6 Å². The van der Waals surface area contributed by atoms with Gasteiger partial charge in [0, 0.05) is 0 Å². The standard InChI is InChI=1S/C9H16O2/c1-3-4-5-7-6-8(7)9(10)11-2/h7-8H,3-6H2,1-2H3. The van der Waals surface area contributed by atoms with Crippen LogP contribution in [0.3, 0.4) is 0 Å². The Bertz CT molecular complexity index is 142. The second-order valence-corrected chi connectivity index (χ2v) is 3.27. The first-order chi connectivity index (χ1) is 5.29. The minimum absolute atomic E-state index is 0.00824. The van der Waals surface area contributed by atoms with Gasteiger partial charge < -0.3 is 4.74 Å². The highest BCUT2D eigenvalue weighted by Gasteiger charge is 2.42. The number of esters is 1. The monoisotopic (exact) mass is 156 g/mol. The number of rotatable bonds is 4. The Kier molecular flexibility index (Phi) is 2.92. The van der Waals surface area contributed by atoms with E-state index < -0.39 is 0 Å². The fraction of sp³-hybridized carbons (Fsp3) is 0.889. The number of methoxy groups -OCH3 is 1. The summed E-state index contributed by atoms with van der Waals surface area (Å²) in [6.45, 7) is 2.18. The molecule has 2 heteroatoms. The third kappa shape index (κ3) is 2.21. The van der Waals surface area contributed by atoms with Gasteiger partial charge in [0.2, 0.25) is 0 Å². The molecule has 0 amide bonds. The SMILES string of the molecule is CCCCC1CC1C(=O)OC. The molecule has 0 N–H and O–H groups in total. The third-order valence-electron chi connectivity index (χ3n) is 2.35. The largest absolute Gasteiger partial charge is 0.469 e. The van der Waals surface area contributed by atoms with Gasteiger partial charge in [-0.3, -0.25) is 4.79 Å². The van der Waals surface area contributed by atoms with Gasteiger partial charge in [-0.25, -0.2) is 0 Å². The second-order valence-electron chi connectivity index (χ2n) is 3.27. The lowest BCUT2D eigenvalue weighted by Crippen LogP contribution is -2.04. The third-order valence-corrected chi connectivity index (χ3v) is 2.35. The van der Waals surface area contributed by atoms with Crippen LogP contribution in [0.25, 0.3) is 0 Å². The average molecular weight is 156 g/mol. The molecule has 11 heavy (non-hydrogen) atoms. The maximum Gasteiger partial charge on any atom is 0.308 e. The van der Waals surface area contributed by atoms with Crippen LogP contribution in [0.4, 0.5) is 0 Å². The molecule has 2 unspecified atom stereocenters. The first-order valence-corrected chi connectivity index (χ1v) is 4.37. The van der Waals surface area contributed by atoms with E-state index in [1.807, 2.05) is 0 Å². The van der Waals surface area contributed by atoms with E-state index in [4.69, 9.17) is 0 Å². The number of ether oxygens (including phenoxy) is 1. The van der Waals surface area contributed by atoms with Crippen LogP contribution < -0.4 is 0 Å². The van der Waals surface area contributed by atoms with E-state index in [0.29, 0.717) is 5.92 Å². The molecule has 0 spiro atoms. The molecule has 1 fully saturated rings. The van der Waals surface area contributed by atoms with Gasteiger partial charge in [0.25, 0.3) is 0 Å². The predicted molar refractivity (Wildman–Crippen MR) is 43.1 cm³/mol. The van der Waals surface area contributed by atoms with Crippen LogP contribution >= 0.6 is 0 Å². The molecule has 0 aromatic carbocycles. The van der Waals surface area contributed by atoms with Gasteiger partial charge in [0.15, 0.2) is 0 Å². The normalized spacial score (nSPS) is 28.2. The molecule has 0 aromatic heterocycles. The molecular formula is C9H16O2. The Morgan fingerprint density at radius 2 is 2.36 bits per heavy atom. The van der Waals surface area contributed by atoms with Crippen molar-refractivity contribution in [1.29, 1.82) is 0 Å². The van der Waals surface area contributed by atoms with Crippen LogP contribution in [-0.2, 0) is 9.53 Å². The summed E-state index contributed by atoms with van der Waals surface area (Å²) in [4.78, 5) is 10.9. The Morgan fingerprint density at radius 3 is 2.91 bits per heavy atom. The van der Waals surface area contributed by atoms with Crippen molar-refractivity contribution in [3.05, 3.63) is 0 Å². The number of carbonyl (C=O) groups excluding carboxylic acids is 1. The molecule has 2 atom stereocenters. The van der Waals surface area contributed by atoms with E-state index in [0.717, 1.165) is 6.42 Å². The maximum atomic E-state index is 10.9. The lowest BCUT2D eigenvalue weighted by Gasteiger charge is -1.96. The minimum Gasteiger partial charge on any atom is -0.469 e. The Morgan fingerprint density at radius 1 is 1.64 bits per heavy atom. The average Bonchev–Trinajstić information content (AvgIpc) is 2.78. The highest BCUT2D eigenvalue weighted by molar-refractivity contribution is 5.75. The number of hydrogen-bond acceptors (Lipinski definition) is 2. The van der Waals surface area contributed by atoms with Crippen molar-refractivity contribution in [2.24, 2.45) is 11.8 Å². The van der Waals surface area contributed by atoms with Crippen LogP contribution in [0.15, 0.2) is 0 Å². The summed E-state index contributed by atoms with van der Waals surface area (Å²) in [7, 11) is 1.47.